The highest BCUT2D eigenvalue weighted by atomic mass is 35.5. The first kappa shape index (κ1) is 12.8. The minimum atomic E-state index is -0.333. The fourth-order valence-corrected chi connectivity index (χ4v) is 2.67. The van der Waals surface area contributed by atoms with E-state index in [1.807, 2.05) is 6.07 Å². The molecule has 1 aromatic rings. The van der Waals surface area contributed by atoms with Gasteiger partial charge >= 0.3 is 0 Å². The molecule has 0 radical (unpaired) electrons. The first-order valence-corrected chi connectivity index (χ1v) is 6.35. The molecule has 1 fully saturated rings. The Morgan fingerprint density at radius 3 is 2.65 bits per heavy atom. The highest BCUT2D eigenvalue weighted by molar-refractivity contribution is 6.31. The Morgan fingerprint density at radius 1 is 1.35 bits per heavy atom. The van der Waals surface area contributed by atoms with E-state index < -0.39 is 0 Å². The monoisotopic (exact) mass is 256 g/mol. The maximum Gasteiger partial charge on any atom is 0.142 e. The maximum absolute atomic E-state index is 13.3. The van der Waals surface area contributed by atoms with Crippen molar-refractivity contribution in [3.63, 3.8) is 0 Å². The van der Waals surface area contributed by atoms with Crippen molar-refractivity contribution >= 4 is 11.6 Å². The summed E-state index contributed by atoms with van der Waals surface area (Å²) < 4.78 is 13.3. The van der Waals surface area contributed by atoms with Gasteiger partial charge in [-0.05, 0) is 25.5 Å². The van der Waals surface area contributed by atoms with Gasteiger partial charge in [-0.3, -0.25) is 4.90 Å². The molecule has 2 rings (SSSR count). The van der Waals surface area contributed by atoms with E-state index in [0.29, 0.717) is 18.6 Å². The van der Waals surface area contributed by atoms with Gasteiger partial charge in [0.25, 0.3) is 0 Å². The number of halogens is 2. The Morgan fingerprint density at radius 2 is 2.00 bits per heavy atom. The summed E-state index contributed by atoms with van der Waals surface area (Å²) in [5.74, 6) is -0.333. The molecule has 0 aliphatic carbocycles. The van der Waals surface area contributed by atoms with Gasteiger partial charge in [-0.25, -0.2) is 4.39 Å². The van der Waals surface area contributed by atoms with Crippen molar-refractivity contribution in [2.45, 2.75) is 32.5 Å². The van der Waals surface area contributed by atoms with Crippen LogP contribution in [0.2, 0.25) is 5.02 Å². The van der Waals surface area contributed by atoms with E-state index in [2.05, 4.69) is 24.1 Å². The molecular formula is C13H18ClFN2. The fourth-order valence-electron chi connectivity index (χ4n) is 2.48. The van der Waals surface area contributed by atoms with Crippen molar-refractivity contribution in [2.24, 2.45) is 0 Å². The van der Waals surface area contributed by atoms with Gasteiger partial charge in [-0.1, -0.05) is 23.7 Å². The van der Waals surface area contributed by atoms with Gasteiger partial charge in [0.15, 0.2) is 0 Å². The highest BCUT2D eigenvalue weighted by Gasteiger charge is 2.21. The molecule has 1 heterocycles. The molecule has 0 saturated carbocycles. The standard InChI is InChI=1S/C13H18ClFN2/c1-9-6-17(7-10(2)16-9)8-11-4-3-5-12(15)13(11)14/h3-5,9-10,16H,6-8H2,1-2H3. The zero-order valence-electron chi connectivity index (χ0n) is 10.2. The number of hydrogen-bond acceptors (Lipinski definition) is 2. The van der Waals surface area contributed by atoms with Crippen molar-refractivity contribution < 1.29 is 4.39 Å². The Bertz CT molecular complexity index is 387. The second kappa shape index (κ2) is 5.34. The van der Waals surface area contributed by atoms with Gasteiger partial charge in [-0.15, -0.1) is 0 Å². The third-order valence-electron chi connectivity index (χ3n) is 3.06. The van der Waals surface area contributed by atoms with E-state index >= 15 is 0 Å². The van der Waals surface area contributed by atoms with Crippen molar-refractivity contribution in [1.82, 2.24) is 10.2 Å². The zero-order valence-corrected chi connectivity index (χ0v) is 11.0. The molecule has 17 heavy (non-hydrogen) atoms. The topological polar surface area (TPSA) is 15.3 Å². The van der Waals surface area contributed by atoms with E-state index in [0.717, 1.165) is 18.7 Å². The summed E-state index contributed by atoms with van der Waals surface area (Å²) in [6.45, 7) is 6.98. The van der Waals surface area contributed by atoms with Crippen molar-refractivity contribution in [2.75, 3.05) is 13.1 Å². The number of nitrogens with one attached hydrogen (secondary N) is 1. The van der Waals surface area contributed by atoms with E-state index in [9.17, 15) is 4.39 Å². The van der Waals surface area contributed by atoms with Crippen LogP contribution in [-0.2, 0) is 6.54 Å². The van der Waals surface area contributed by atoms with Crippen LogP contribution in [-0.4, -0.2) is 30.1 Å². The predicted octanol–water partition coefficient (Wildman–Crippen LogP) is 2.66. The Labute approximate surface area is 107 Å². The van der Waals surface area contributed by atoms with Gasteiger partial charge in [-0.2, -0.15) is 0 Å². The summed E-state index contributed by atoms with van der Waals surface area (Å²) >= 11 is 5.97. The van der Waals surface area contributed by atoms with Gasteiger partial charge in [0.1, 0.15) is 5.82 Å². The molecule has 1 aliphatic heterocycles. The Kier molecular flexibility index (Phi) is 4.02. The lowest BCUT2D eigenvalue weighted by molar-refractivity contribution is 0.166. The van der Waals surface area contributed by atoms with Crippen molar-refractivity contribution in [3.05, 3.63) is 34.6 Å². The first-order valence-electron chi connectivity index (χ1n) is 5.97. The van der Waals surface area contributed by atoms with Crippen LogP contribution in [0.5, 0.6) is 0 Å². The van der Waals surface area contributed by atoms with Gasteiger partial charge in [0.2, 0.25) is 0 Å². The average molecular weight is 257 g/mol. The molecule has 0 bridgehead atoms. The molecule has 2 atom stereocenters. The van der Waals surface area contributed by atoms with Crippen LogP contribution in [0.3, 0.4) is 0 Å². The molecule has 0 spiro atoms. The Hall–Kier alpha value is -0.640. The summed E-state index contributed by atoms with van der Waals surface area (Å²) in [6, 6.07) is 5.93. The molecule has 1 N–H and O–H groups in total. The van der Waals surface area contributed by atoms with Gasteiger partial charge in [0, 0.05) is 31.7 Å². The minimum Gasteiger partial charge on any atom is -0.309 e. The number of rotatable bonds is 2. The minimum absolute atomic E-state index is 0.256. The van der Waals surface area contributed by atoms with Crippen LogP contribution in [0.1, 0.15) is 19.4 Å². The number of hydrogen-bond donors (Lipinski definition) is 1. The van der Waals surface area contributed by atoms with Crippen LogP contribution in [0, 0.1) is 5.82 Å². The molecule has 1 aliphatic rings. The molecule has 2 unspecified atom stereocenters. The quantitative estimate of drug-likeness (QED) is 0.875. The van der Waals surface area contributed by atoms with Crippen LogP contribution in [0.25, 0.3) is 0 Å². The number of nitrogens with zero attached hydrogens (tertiary/aromatic N) is 1. The molecule has 0 amide bonds. The van der Waals surface area contributed by atoms with Gasteiger partial charge in [0.05, 0.1) is 5.02 Å². The molecule has 0 aromatic heterocycles. The lowest BCUT2D eigenvalue weighted by atomic mass is 10.1. The maximum atomic E-state index is 13.3. The van der Waals surface area contributed by atoms with Crippen molar-refractivity contribution in [1.29, 1.82) is 0 Å². The average Bonchev–Trinajstić information content (AvgIpc) is 2.23. The summed E-state index contributed by atoms with van der Waals surface area (Å²) in [4.78, 5) is 2.31. The third kappa shape index (κ3) is 3.18. The SMILES string of the molecule is CC1CN(Cc2cccc(F)c2Cl)CC(C)N1. The van der Waals surface area contributed by atoms with E-state index in [-0.39, 0.29) is 10.8 Å². The smallest absolute Gasteiger partial charge is 0.142 e. The highest BCUT2D eigenvalue weighted by Crippen LogP contribution is 2.21. The van der Waals surface area contributed by atoms with Crippen LogP contribution in [0.4, 0.5) is 4.39 Å². The van der Waals surface area contributed by atoms with E-state index in [1.165, 1.54) is 6.07 Å². The largest absolute Gasteiger partial charge is 0.309 e. The lowest BCUT2D eigenvalue weighted by Gasteiger charge is -2.36. The second-order valence-corrected chi connectivity index (χ2v) is 5.25. The van der Waals surface area contributed by atoms with Crippen LogP contribution < -0.4 is 5.32 Å². The first-order chi connectivity index (χ1) is 8.06. The van der Waals surface area contributed by atoms with Crippen molar-refractivity contribution in [3.8, 4) is 0 Å². The summed E-state index contributed by atoms with van der Waals surface area (Å²) in [5.41, 5.74) is 0.868. The fraction of sp³-hybridized carbons (Fsp3) is 0.538. The van der Waals surface area contributed by atoms with E-state index in [1.54, 1.807) is 6.07 Å². The summed E-state index contributed by atoms with van der Waals surface area (Å²) in [7, 11) is 0. The van der Waals surface area contributed by atoms with Crippen LogP contribution >= 0.6 is 11.6 Å². The van der Waals surface area contributed by atoms with Gasteiger partial charge < -0.3 is 5.32 Å². The normalized spacial score (nSPS) is 26.1. The lowest BCUT2D eigenvalue weighted by Crippen LogP contribution is -2.53. The molecule has 2 nitrogen and oxygen atoms in total. The molecular weight excluding hydrogens is 239 g/mol. The molecule has 1 saturated heterocycles. The molecule has 94 valence electrons. The molecule has 1 aromatic carbocycles. The predicted molar refractivity (Wildman–Crippen MR) is 68.7 cm³/mol. The van der Waals surface area contributed by atoms with E-state index in [4.69, 9.17) is 11.6 Å². The third-order valence-corrected chi connectivity index (χ3v) is 3.48. The van der Waals surface area contributed by atoms with Crippen LogP contribution in [0.15, 0.2) is 18.2 Å². The number of piperazine rings is 1. The summed E-state index contributed by atoms with van der Waals surface area (Å²) in [6.07, 6.45) is 0. The second-order valence-electron chi connectivity index (χ2n) is 4.88. The number of benzene rings is 1. The Balaban J connectivity index is 2.07. The zero-order chi connectivity index (χ0) is 12.4. The molecule has 4 heteroatoms. The summed E-state index contributed by atoms with van der Waals surface area (Å²) in [5, 5.41) is 3.73.